The number of hydrogen-bond donors (Lipinski definition) is 1. The fourth-order valence-electron chi connectivity index (χ4n) is 4.24. The monoisotopic (exact) mass is 510 g/mol. The molecule has 1 atom stereocenters. The van der Waals surface area contributed by atoms with Crippen molar-refractivity contribution in [1.29, 1.82) is 0 Å². The van der Waals surface area contributed by atoms with Crippen molar-refractivity contribution in [3.63, 3.8) is 0 Å². The van der Waals surface area contributed by atoms with E-state index in [-0.39, 0.29) is 36.7 Å². The van der Waals surface area contributed by atoms with E-state index >= 15 is 0 Å². The molecule has 3 aromatic carbocycles. The summed E-state index contributed by atoms with van der Waals surface area (Å²) < 4.78 is 0. The lowest BCUT2D eigenvalue weighted by molar-refractivity contribution is -0.141. The zero-order chi connectivity index (χ0) is 25.4. The van der Waals surface area contributed by atoms with Gasteiger partial charge in [-0.25, -0.2) is 0 Å². The molecule has 35 heavy (non-hydrogen) atoms. The Kier molecular flexibility index (Phi) is 9.76. The first kappa shape index (κ1) is 26.8. The van der Waals surface area contributed by atoms with Crippen LogP contribution in [0.25, 0.3) is 0 Å². The minimum absolute atomic E-state index is 0.0428. The minimum Gasteiger partial charge on any atom is -0.352 e. The molecule has 6 heteroatoms. The van der Waals surface area contributed by atoms with Crippen LogP contribution in [0.1, 0.15) is 56.2 Å². The summed E-state index contributed by atoms with van der Waals surface area (Å²) in [6.45, 7) is 5.87. The van der Waals surface area contributed by atoms with Gasteiger partial charge in [0, 0.05) is 40.5 Å². The number of benzene rings is 3. The highest BCUT2D eigenvalue weighted by molar-refractivity contribution is 6.36. The fraction of sp³-hybridized carbons (Fsp3) is 0.310. The second-order valence-electron chi connectivity index (χ2n) is 8.89. The van der Waals surface area contributed by atoms with Gasteiger partial charge in [0.1, 0.15) is 6.04 Å². The molecule has 3 rings (SSSR count). The maximum atomic E-state index is 14.0. The molecule has 0 unspecified atom stereocenters. The van der Waals surface area contributed by atoms with Crippen LogP contribution in [0.3, 0.4) is 0 Å². The summed E-state index contributed by atoms with van der Waals surface area (Å²) in [6.07, 6.45) is 0.676. The molecule has 0 aliphatic carbocycles. The molecule has 184 valence electrons. The molecule has 4 nitrogen and oxygen atoms in total. The number of amides is 2. The van der Waals surface area contributed by atoms with Crippen molar-refractivity contribution in [2.45, 2.75) is 58.2 Å². The number of nitrogens with one attached hydrogen (secondary N) is 1. The summed E-state index contributed by atoms with van der Waals surface area (Å²) in [4.78, 5) is 28.8. The van der Waals surface area contributed by atoms with Crippen LogP contribution in [-0.2, 0) is 16.1 Å². The Labute approximate surface area is 218 Å². The fourth-order valence-corrected chi connectivity index (χ4v) is 4.76. The van der Waals surface area contributed by atoms with Gasteiger partial charge in [-0.2, -0.15) is 0 Å². The van der Waals surface area contributed by atoms with Crippen molar-refractivity contribution >= 4 is 35.0 Å². The molecule has 0 bridgehead atoms. The highest BCUT2D eigenvalue weighted by atomic mass is 35.5. The van der Waals surface area contributed by atoms with E-state index in [0.717, 1.165) is 11.1 Å². The Morgan fingerprint density at radius 2 is 1.34 bits per heavy atom. The molecule has 0 saturated carbocycles. The van der Waals surface area contributed by atoms with Gasteiger partial charge in [-0.3, -0.25) is 9.59 Å². The van der Waals surface area contributed by atoms with Gasteiger partial charge in [0.05, 0.1) is 0 Å². The number of carbonyl (C=O) groups is 2. The normalized spacial score (nSPS) is 12.0. The number of halogens is 2. The SMILES string of the molecule is CC[C@@H](C(=O)NC(C)C)N(Cc1c(Cl)cccc1Cl)C(=O)CC(c1ccccc1)c1ccccc1. The zero-order valence-corrected chi connectivity index (χ0v) is 21.9. The molecule has 0 saturated heterocycles. The smallest absolute Gasteiger partial charge is 0.243 e. The summed E-state index contributed by atoms with van der Waals surface area (Å²) in [5, 5.41) is 3.90. The van der Waals surface area contributed by atoms with E-state index in [1.165, 1.54) is 0 Å². The lowest BCUT2D eigenvalue weighted by Crippen LogP contribution is -2.50. The van der Waals surface area contributed by atoms with Gasteiger partial charge in [0.25, 0.3) is 0 Å². The number of carbonyl (C=O) groups excluding carboxylic acids is 2. The lowest BCUT2D eigenvalue weighted by atomic mass is 9.88. The van der Waals surface area contributed by atoms with Crippen LogP contribution in [0.2, 0.25) is 10.0 Å². The topological polar surface area (TPSA) is 49.4 Å². The predicted molar refractivity (Wildman–Crippen MR) is 144 cm³/mol. The largest absolute Gasteiger partial charge is 0.352 e. The van der Waals surface area contributed by atoms with Crippen molar-refractivity contribution in [2.75, 3.05) is 0 Å². The van der Waals surface area contributed by atoms with Gasteiger partial charge in [0.2, 0.25) is 11.8 Å². The van der Waals surface area contributed by atoms with Crippen LogP contribution in [0, 0.1) is 0 Å². The number of hydrogen-bond acceptors (Lipinski definition) is 2. The second-order valence-corrected chi connectivity index (χ2v) is 9.70. The highest BCUT2D eigenvalue weighted by Crippen LogP contribution is 2.31. The van der Waals surface area contributed by atoms with Gasteiger partial charge in [-0.05, 0) is 43.5 Å². The maximum Gasteiger partial charge on any atom is 0.243 e. The van der Waals surface area contributed by atoms with Crippen LogP contribution in [-0.4, -0.2) is 28.8 Å². The Morgan fingerprint density at radius 3 is 1.80 bits per heavy atom. The second kappa shape index (κ2) is 12.8. The third kappa shape index (κ3) is 7.09. The molecule has 1 N–H and O–H groups in total. The van der Waals surface area contributed by atoms with E-state index in [9.17, 15) is 9.59 Å². The van der Waals surface area contributed by atoms with Crippen LogP contribution < -0.4 is 5.32 Å². The molecule has 0 spiro atoms. The Hall–Kier alpha value is -2.82. The van der Waals surface area contributed by atoms with E-state index in [4.69, 9.17) is 23.2 Å². The van der Waals surface area contributed by atoms with Crippen LogP contribution in [0.15, 0.2) is 78.9 Å². The highest BCUT2D eigenvalue weighted by Gasteiger charge is 2.32. The molecule has 0 aromatic heterocycles. The van der Waals surface area contributed by atoms with E-state index in [1.807, 2.05) is 81.4 Å². The Balaban J connectivity index is 2.00. The predicted octanol–water partition coefficient (Wildman–Crippen LogP) is 6.85. The Morgan fingerprint density at radius 1 is 0.829 bits per heavy atom. The molecular weight excluding hydrogens is 479 g/mol. The zero-order valence-electron chi connectivity index (χ0n) is 20.4. The molecule has 0 aliphatic heterocycles. The first-order chi connectivity index (χ1) is 16.8. The molecule has 0 aliphatic rings. The van der Waals surface area contributed by atoms with Crippen molar-refractivity contribution in [3.8, 4) is 0 Å². The number of nitrogens with zero attached hydrogens (tertiary/aromatic N) is 1. The Bertz CT molecular complexity index is 1060. The average Bonchev–Trinajstić information content (AvgIpc) is 2.84. The summed E-state index contributed by atoms with van der Waals surface area (Å²) >= 11 is 12.9. The number of rotatable bonds is 10. The van der Waals surface area contributed by atoms with Crippen molar-refractivity contribution < 1.29 is 9.59 Å². The molecule has 0 heterocycles. The third-order valence-electron chi connectivity index (χ3n) is 5.99. The molecule has 2 amide bonds. The molecule has 0 radical (unpaired) electrons. The standard InChI is InChI=1S/C29H32Cl2N2O2/c1-4-27(29(35)32-20(2)3)33(19-24-25(30)16-11-17-26(24)31)28(34)18-23(21-12-7-5-8-13-21)22-14-9-6-10-15-22/h5-17,20,23,27H,4,18-19H2,1-3H3,(H,32,35)/t27-/m0/s1. The van der Waals surface area contributed by atoms with Crippen molar-refractivity contribution in [3.05, 3.63) is 106 Å². The molecule has 3 aromatic rings. The van der Waals surface area contributed by atoms with E-state index in [0.29, 0.717) is 22.0 Å². The van der Waals surface area contributed by atoms with E-state index in [2.05, 4.69) is 5.32 Å². The average molecular weight is 511 g/mol. The van der Waals surface area contributed by atoms with E-state index < -0.39 is 6.04 Å². The van der Waals surface area contributed by atoms with Gasteiger partial charge in [-0.15, -0.1) is 0 Å². The molecule has 0 fully saturated rings. The van der Waals surface area contributed by atoms with Gasteiger partial charge in [-0.1, -0.05) is 96.9 Å². The van der Waals surface area contributed by atoms with Crippen LogP contribution >= 0.6 is 23.2 Å². The minimum atomic E-state index is -0.649. The summed E-state index contributed by atoms with van der Waals surface area (Å²) in [6, 6.07) is 24.5. The van der Waals surface area contributed by atoms with Gasteiger partial charge >= 0.3 is 0 Å². The summed E-state index contributed by atoms with van der Waals surface area (Å²) in [5.41, 5.74) is 2.72. The van der Waals surface area contributed by atoms with Gasteiger partial charge in [0.15, 0.2) is 0 Å². The quantitative estimate of drug-likeness (QED) is 0.324. The third-order valence-corrected chi connectivity index (χ3v) is 6.70. The maximum absolute atomic E-state index is 14.0. The summed E-state index contributed by atoms with van der Waals surface area (Å²) in [7, 11) is 0. The van der Waals surface area contributed by atoms with E-state index in [1.54, 1.807) is 23.1 Å². The van der Waals surface area contributed by atoms with Gasteiger partial charge < -0.3 is 10.2 Å². The van der Waals surface area contributed by atoms with Crippen LogP contribution in [0.5, 0.6) is 0 Å². The molecular formula is C29H32Cl2N2O2. The van der Waals surface area contributed by atoms with Crippen molar-refractivity contribution in [2.24, 2.45) is 0 Å². The van der Waals surface area contributed by atoms with Crippen LogP contribution in [0.4, 0.5) is 0 Å². The lowest BCUT2D eigenvalue weighted by Gasteiger charge is -2.33. The first-order valence-electron chi connectivity index (χ1n) is 11.9. The van der Waals surface area contributed by atoms with Crippen molar-refractivity contribution in [1.82, 2.24) is 10.2 Å². The first-order valence-corrected chi connectivity index (χ1v) is 12.7. The summed E-state index contributed by atoms with van der Waals surface area (Å²) in [5.74, 6) is -0.473.